The Kier molecular flexibility index (Phi) is 1.72. The molecule has 0 spiro atoms. The minimum Gasteiger partial charge on any atom is -0.483 e. The number of hydrogen-bond acceptors (Lipinski definition) is 4. The SMILES string of the molecule is Cn1ncc2c1C(=O)C1=C(CC(C)(C)O1)C2=O. The molecule has 2 heterocycles. The molecular formula is C12H12N2O3. The van der Waals surface area contributed by atoms with Crippen molar-refractivity contribution >= 4 is 11.6 Å². The van der Waals surface area contributed by atoms with Crippen molar-refractivity contribution < 1.29 is 14.3 Å². The van der Waals surface area contributed by atoms with Gasteiger partial charge >= 0.3 is 0 Å². The summed E-state index contributed by atoms with van der Waals surface area (Å²) >= 11 is 0. The van der Waals surface area contributed by atoms with Gasteiger partial charge in [0, 0.05) is 13.5 Å². The van der Waals surface area contributed by atoms with Crippen LogP contribution in [0.2, 0.25) is 0 Å². The molecule has 0 aromatic carbocycles. The van der Waals surface area contributed by atoms with Crippen LogP contribution in [0.4, 0.5) is 0 Å². The first kappa shape index (κ1) is 10.3. The van der Waals surface area contributed by atoms with E-state index >= 15 is 0 Å². The first-order valence-electron chi connectivity index (χ1n) is 5.44. The van der Waals surface area contributed by atoms with Crippen LogP contribution in [0.3, 0.4) is 0 Å². The third-order valence-corrected chi connectivity index (χ3v) is 3.13. The van der Waals surface area contributed by atoms with Crippen LogP contribution in [0.5, 0.6) is 0 Å². The van der Waals surface area contributed by atoms with Crippen molar-refractivity contribution in [2.24, 2.45) is 7.05 Å². The van der Waals surface area contributed by atoms with Gasteiger partial charge in [-0.05, 0) is 13.8 Å². The van der Waals surface area contributed by atoms with Crippen molar-refractivity contribution in [3.8, 4) is 0 Å². The topological polar surface area (TPSA) is 61.2 Å². The Morgan fingerprint density at radius 3 is 2.76 bits per heavy atom. The average Bonchev–Trinajstić information content (AvgIpc) is 2.76. The Morgan fingerprint density at radius 1 is 1.35 bits per heavy atom. The van der Waals surface area contributed by atoms with Gasteiger partial charge in [-0.3, -0.25) is 14.3 Å². The molecule has 0 radical (unpaired) electrons. The lowest BCUT2D eigenvalue weighted by atomic mass is 9.89. The molecule has 1 aromatic heterocycles. The summed E-state index contributed by atoms with van der Waals surface area (Å²) in [6.07, 6.45) is 1.92. The van der Waals surface area contributed by atoms with E-state index < -0.39 is 5.60 Å². The predicted molar refractivity (Wildman–Crippen MR) is 58.7 cm³/mol. The second kappa shape index (κ2) is 2.85. The van der Waals surface area contributed by atoms with Crippen molar-refractivity contribution in [3.05, 3.63) is 28.8 Å². The van der Waals surface area contributed by atoms with Crippen molar-refractivity contribution in [1.82, 2.24) is 9.78 Å². The molecule has 17 heavy (non-hydrogen) atoms. The molecule has 0 fully saturated rings. The number of Topliss-reactive ketones (excluding diaryl/α,β-unsaturated/α-hetero) is 2. The lowest BCUT2D eigenvalue weighted by Crippen LogP contribution is -2.22. The molecule has 0 saturated heterocycles. The van der Waals surface area contributed by atoms with Crippen LogP contribution >= 0.6 is 0 Å². The van der Waals surface area contributed by atoms with Crippen molar-refractivity contribution in [1.29, 1.82) is 0 Å². The number of rotatable bonds is 0. The first-order valence-corrected chi connectivity index (χ1v) is 5.44. The Balaban J connectivity index is 2.18. The summed E-state index contributed by atoms with van der Waals surface area (Å²) in [5.41, 5.74) is 0.718. The fourth-order valence-corrected chi connectivity index (χ4v) is 2.39. The van der Waals surface area contributed by atoms with E-state index in [2.05, 4.69) is 5.10 Å². The van der Waals surface area contributed by atoms with E-state index in [1.807, 2.05) is 13.8 Å². The standard InChI is InChI=1S/C12H12N2O3/c1-12(2)4-6-9(15)7-5-13-14(3)8(7)10(16)11(6)17-12/h5H,4H2,1-3H3. The highest BCUT2D eigenvalue weighted by molar-refractivity contribution is 6.25. The normalized spacial score (nSPS) is 21.4. The molecule has 1 aliphatic carbocycles. The number of ether oxygens (including phenoxy) is 1. The molecule has 1 aromatic rings. The van der Waals surface area contributed by atoms with E-state index in [4.69, 9.17) is 4.74 Å². The van der Waals surface area contributed by atoms with Crippen LogP contribution in [0, 0.1) is 0 Å². The third-order valence-electron chi connectivity index (χ3n) is 3.13. The van der Waals surface area contributed by atoms with E-state index in [1.54, 1.807) is 7.05 Å². The molecule has 0 saturated carbocycles. The summed E-state index contributed by atoms with van der Waals surface area (Å²) in [5, 5.41) is 3.96. The lowest BCUT2D eigenvalue weighted by molar-refractivity contribution is 0.0505. The van der Waals surface area contributed by atoms with Gasteiger partial charge in [-0.1, -0.05) is 0 Å². The Bertz CT molecular complexity index is 593. The number of aryl methyl sites for hydroxylation is 1. The number of carbonyl (C=O) groups excluding carboxylic acids is 2. The van der Waals surface area contributed by atoms with E-state index in [9.17, 15) is 9.59 Å². The van der Waals surface area contributed by atoms with Crippen LogP contribution in [-0.2, 0) is 11.8 Å². The number of carbonyl (C=O) groups is 2. The van der Waals surface area contributed by atoms with Crippen LogP contribution in [0.15, 0.2) is 17.5 Å². The van der Waals surface area contributed by atoms with Gasteiger partial charge in [-0.25, -0.2) is 0 Å². The smallest absolute Gasteiger partial charge is 0.246 e. The molecule has 5 heteroatoms. The molecule has 2 aliphatic rings. The van der Waals surface area contributed by atoms with Crippen LogP contribution < -0.4 is 0 Å². The molecular weight excluding hydrogens is 220 g/mol. The van der Waals surface area contributed by atoms with Gasteiger partial charge in [0.25, 0.3) is 0 Å². The van der Waals surface area contributed by atoms with Crippen molar-refractivity contribution in [2.45, 2.75) is 25.9 Å². The summed E-state index contributed by atoms with van der Waals surface area (Å²) in [5.74, 6) is -0.162. The number of allylic oxidation sites excluding steroid dienone is 1. The average molecular weight is 232 g/mol. The molecule has 3 rings (SSSR count). The minimum absolute atomic E-state index is 0.131. The number of aromatic nitrogens is 2. The van der Waals surface area contributed by atoms with Crippen molar-refractivity contribution in [2.75, 3.05) is 0 Å². The van der Waals surface area contributed by atoms with E-state index in [-0.39, 0.29) is 17.3 Å². The number of fused-ring (bicyclic) bond motifs is 1. The zero-order valence-corrected chi connectivity index (χ0v) is 9.90. The van der Waals surface area contributed by atoms with Gasteiger partial charge in [-0.15, -0.1) is 0 Å². The van der Waals surface area contributed by atoms with E-state index in [0.717, 1.165) is 0 Å². The van der Waals surface area contributed by atoms with Crippen LogP contribution in [0.25, 0.3) is 0 Å². The summed E-state index contributed by atoms with van der Waals surface area (Å²) in [6, 6.07) is 0. The maximum absolute atomic E-state index is 12.2. The fraction of sp³-hybridized carbons (Fsp3) is 0.417. The molecule has 5 nitrogen and oxygen atoms in total. The maximum Gasteiger partial charge on any atom is 0.246 e. The monoisotopic (exact) mass is 232 g/mol. The zero-order chi connectivity index (χ0) is 12.4. The van der Waals surface area contributed by atoms with Gasteiger partial charge < -0.3 is 4.74 Å². The van der Waals surface area contributed by atoms with Gasteiger partial charge in [0.2, 0.25) is 5.78 Å². The summed E-state index contributed by atoms with van der Waals surface area (Å²) < 4.78 is 7.01. The largest absolute Gasteiger partial charge is 0.483 e. The number of nitrogens with zero attached hydrogens (tertiary/aromatic N) is 2. The summed E-state index contributed by atoms with van der Waals surface area (Å²) in [6.45, 7) is 3.74. The third kappa shape index (κ3) is 1.22. The number of hydrogen-bond donors (Lipinski definition) is 0. The highest BCUT2D eigenvalue weighted by atomic mass is 16.5. The highest BCUT2D eigenvalue weighted by Gasteiger charge is 2.45. The summed E-state index contributed by atoms with van der Waals surface area (Å²) in [4.78, 5) is 24.4. The minimum atomic E-state index is -0.481. The second-order valence-electron chi connectivity index (χ2n) is 5.03. The quantitative estimate of drug-likeness (QED) is 0.675. The molecule has 0 atom stereocenters. The lowest BCUT2D eigenvalue weighted by Gasteiger charge is -2.18. The first-order chi connectivity index (χ1) is 7.91. The Labute approximate surface area is 98.1 Å². The predicted octanol–water partition coefficient (Wildman–Crippen LogP) is 1.25. The van der Waals surface area contributed by atoms with Gasteiger partial charge in [0.05, 0.1) is 17.3 Å². The van der Waals surface area contributed by atoms with Gasteiger partial charge in [0.1, 0.15) is 11.3 Å². The van der Waals surface area contributed by atoms with E-state index in [0.29, 0.717) is 23.3 Å². The van der Waals surface area contributed by atoms with Gasteiger partial charge in [0.15, 0.2) is 11.5 Å². The molecule has 0 bridgehead atoms. The van der Waals surface area contributed by atoms with Gasteiger partial charge in [-0.2, -0.15) is 5.10 Å². The number of ketones is 2. The maximum atomic E-state index is 12.2. The van der Waals surface area contributed by atoms with Crippen LogP contribution in [0.1, 0.15) is 41.1 Å². The molecule has 88 valence electrons. The molecule has 0 amide bonds. The summed E-state index contributed by atoms with van der Waals surface area (Å²) in [7, 11) is 1.65. The highest BCUT2D eigenvalue weighted by Crippen LogP contribution is 2.40. The van der Waals surface area contributed by atoms with E-state index in [1.165, 1.54) is 10.9 Å². The fourth-order valence-electron chi connectivity index (χ4n) is 2.39. The molecule has 1 aliphatic heterocycles. The molecule has 0 unspecified atom stereocenters. The second-order valence-corrected chi connectivity index (χ2v) is 5.03. The Morgan fingerprint density at radius 2 is 2.06 bits per heavy atom. The van der Waals surface area contributed by atoms with Crippen molar-refractivity contribution in [3.63, 3.8) is 0 Å². The zero-order valence-electron chi connectivity index (χ0n) is 9.90. The van der Waals surface area contributed by atoms with Crippen LogP contribution in [-0.4, -0.2) is 26.9 Å². The molecule has 0 N–H and O–H groups in total. The Hall–Kier alpha value is -1.91.